The topological polar surface area (TPSA) is 48.8 Å². The molecule has 0 N–H and O–H groups in total. The van der Waals surface area contributed by atoms with Crippen LogP contribution in [0, 0.1) is 6.92 Å². The predicted octanol–water partition coefficient (Wildman–Crippen LogP) is 3.54. The van der Waals surface area contributed by atoms with Gasteiger partial charge in [0, 0.05) is 30.9 Å². The molecule has 0 aromatic carbocycles. The summed E-state index contributed by atoms with van der Waals surface area (Å²) in [6.07, 6.45) is 6.48. The second kappa shape index (κ2) is 10.0. The molecule has 3 atom stereocenters. The lowest BCUT2D eigenvalue weighted by Crippen LogP contribution is -2.51. The maximum absolute atomic E-state index is 12.7. The van der Waals surface area contributed by atoms with E-state index < -0.39 is 6.17 Å². The van der Waals surface area contributed by atoms with Crippen LogP contribution in [-0.2, 0) is 9.47 Å². The van der Waals surface area contributed by atoms with Crippen molar-refractivity contribution in [3.05, 3.63) is 11.8 Å². The molecule has 2 aliphatic rings. The highest BCUT2D eigenvalue weighted by molar-refractivity contribution is 5.21. The summed E-state index contributed by atoms with van der Waals surface area (Å²) in [6, 6.07) is 1.10. The first-order valence-corrected chi connectivity index (χ1v) is 10.7. The number of alkyl halides is 1. The molecule has 0 bridgehead atoms. The number of aromatic nitrogens is 2. The van der Waals surface area contributed by atoms with Gasteiger partial charge < -0.3 is 14.2 Å². The molecule has 2 heterocycles. The number of rotatable bonds is 8. The third-order valence-corrected chi connectivity index (χ3v) is 5.69. The summed E-state index contributed by atoms with van der Waals surface area (Å²) in [5.41, 5.74) is 1.04. The molecular formula is C21H36FN3O3. The fourth-order valence-corrected chi connectivity index (χ4v) is 4.44. The van der Waals surface area contributed by atoms with Gasteiger partial charge in [0.1, 0.15) is 12.8 Å². The van der Waals surface area contributed by atoms with Crippen LogP contribution < -0.4 is 4.74 Å². The summed E-state index contributed by atoms with van der Waals surface area (Å²) in [5, 5.41) is 4.66. The van der Waals surface area contributed by atoms with Gasteiger partial charge in [0.25, 0.3) is 0 Å². The van der Waals surface area contributed by atoms with Crippen LogP contribution in [0.4, 0.5) is 4.39 Å². The summed E-state index contributed by atoms with van der Waals surface area (Å²) >= 11 is 0. The molecule has 1 saturated carbocycles. The lowest BCUT2D eigenvalue weighted by molar-refractivity contribution is -0.0852. The number of nitrogens with zero attached hydrogens (tertiary/aromatic N) is 3. The van der Waals surface area contributed by atoms with Crippen molar-refractivity contribution in [2.45, 2.75) is 83.8 Å². The summed E-state index contributed by atoms with van der Waals surface area (Å²) in [7, 11) is 0. The third kappa shape index (κ3) is 5.91. The molecule has 0 amide bonds. The van der Waals surface area contributed by atoms with E-state index in [1.807, 2.05) is 6.92 Å². The molecule has 6 nitrogen and oxygen atoms in total. The second-order valence-electron chi connectivity index (χ2n) is 8.47. The van der Waals surface area contributed by atoms with Crippen molar-refractivity contribution in [1.29, 1.82) is 0 Å². The predicted molar refractivity (Wildman–Crippen MR) is 107 cm³/mol. The average Bonchev–Trinajstić information content (AvgIpc) is 3.01. The molecule has 160 valence electrons. The van der Waals surface area contributed by atoms with Crippen molar-refractivity contribution in [2.75, 3.05) is 32.9 Å². The molecule has 1 aromatic heterocycles. The van der Waals surface area contributed by atoms with Crippen LogP contribution in [-0.4, -0.2) is 72.0 Å². The number of aryl methyl sites for hydroxylation is 1. The Balaban J connectivity index is 1.45. The highest BCUT2D eigenvalue weighted by Crippen LogP contribution is 2.33. The summed E-state index contributed by atoms with van der Waals surface area (Å²) in [6.45, 7) is 10.8. The van der Waals surface area contributed by atoms with Gasteiger partial charge in [-0.3, -0.25) is 9.58 Å². The first kappa shape index (κ1) is 21.5. The van der Waals surface area contributed by atoms with E-state index in [1.165, 1.54) is 19.8 Å². The quantitative estimate of drug-likeness (QED) is 0.628. The number of morpholine rings is 1. The van der Waals surface area contributed by atoms with Gasteiger partial charge in [-0.15, -0.1) is 5.10 Å². The minimum Gasteiger partial charge on any atom is -0.474 e. The lowest BCUT2D eigenvalue weighted by Gasteiger charge is -2.42. The van der Waals surface area contributed by atoms with E-state index in [1.54, 1.807) is 0 Å². The normalized spacial score (nSPS) is 30.3. The van der Waals surface area contributed by atoms with Crippen LogP contribution in [0.5, 0.6) is 5.88 Å². The van der Waals surface area contributed by atoms with E-state index in [-0.39, 0.29) is 6.61 Å². The standard InChI is InChI=1S/C21H36FN3O3/c1-15-11-25(23-21(15)27-10-9-26-14-16(2)22)20-7-5-19(6-8-20)24-12-17(3)28-18(4)13-24/h11,16-20H,5-10,12-14H2,1-4H3/t16?,17-,18?,19?,20?/m0/s1. The van der Waals surface area contributed by atoms with E-state index in [2.05, 4.69) is 34.7 Å². The van der Waals surface area contributed by atoms with Gasteiger partial charge in [-0.1, -0.05) is 0 Å². The first-order valence-electron chi connectivity index (χ1n) is 10.7. The van der Waals surface area contributed by atoms with Gasteiger partial charge in [-0.2, -0.15) is 0 Å². The van der Waals surface area contributed by atoms with Crippen molar-refractivity contribution in [1.82, 2.24) is 14.7 Å². The highest BCUT2D eigenvalue weighted by Gasteiger charge is 2.31. The zero-order chi connectivity index (χ0) is 20.1. The molecule has 1 aliphatic carbocycles. The van der Waals surface area contributed by atoms with Crippen molar-refractivity contribution in [3.63, 3.8) is 0 Å². The number of halogens is 1. The SMILES string of the molecule is Cc1cn(C2CCC(N3CC(C)O[C@@H](C)C3)CC2)nc1OCCOCC(C)F. The minimum atomic E-state index is -0.944. The van der Waals surface area contributed by atoms with Crippen LogP contribution >= 0.6 is 0 Å². The van der Waals surface area contributed by atoms with E-state index in [9.17, 15) is 4.39 Å². The Morgan fingerprint density at radius 2 is 1.79 bits per heavy atom. The highest BCUT2D eigenvalue weighted by atomic mass is 19.1. The second-order valence-corrected chi connectivity index (χ2v) is 8.47. The van der Waals surface area contributed by atoms with Gasteiger partial charge in [0.15, 0.2) is 0 Å². The molecule has 1 aliphatic heterocycles. The molecule has 1 aromatic rings. The Labute approximate surface area is 168 Å². The summed E-state index contributed by atoms with van der Waals surface area (Å²) in [5.74, 6) is 0.662. The number of hydrogen-bond acceptors (Lipinski definition) is 5. The Morgan fingerprint density at radius 1 is 1.14 bits per heavy atom. The van der Waals surface area contributed by atoms with Gasteiger partial charge in [-0.05, 0) is 53.4 Å². The van der Waals surface area contributed by atoms with Gasteiger partial charge >= 0.3 is 0 Å². The minimum absolute atomic E-state index is 0.112. The van der Waals surface area contributed by atoms with Gasteiger partial charge in [0.2, 0.25) is 5.88 Å². The average molecular weight is 398 g/mol. The van der Waals surface area contributed by atoms with Crippen LogP contribution in [0.2, 0.25) is 0 Å². The molecule has 0 spiro atoms. The van der Waals surface area contributed by atoms with Crippen molar-refractivity contribution in [2.24, 2.45) is 0 Å². The van der Waals surface area contributed by atoms with E-state index in [0.717, 1.165) is 31.5 Å². The van der Waals surface area contributed by atoms with E-state index in [4.69, 9.17) is 14.2 Å². The Bertz CT molecular complexity index is 592. The molecule has 28 heavy (non-hydrogen) atoms. The Kier molecular flexibility index (Phi) is 7.71. The molecule has 7 heteroatoms. The van der Waals surface area contributed by atoms with Crippen LogP contribution in [0.3, 0.4) is 0 Å². The Hall–Kier alpha value is -1.18. The van der Waals surface area contributed by atoms with Crippen LogP contribution in [0.15, 0.2) is 6.20 Å². The van der Waals surface area contributed by atoms with Crippen LogP contribution in [0.25, 0.3) is 0 Å². The first-order chi connectivity index (χ1) is 13.4. The molecular weight excluding hydrogens is 361 g/mol. The maximum atomic E-state index is 12.7. The Morgan fingerprint density at radius 3 is 2.43 bits per heavy atom. The molecule has 1 saturated heterocycles. The molecule has 3 rings (SSSR count). The van der Waals surface area contributed by atoms with E-state index >= 15 is 0 Å². The fourth-order valence-electron chi connectivity index (χ4n) is 4.44. The molecule has 2 fully saturated rings. The monoisotopic (exact) mass is 397 g/mol. The summed E-state index contributed by atoms with van der Waals surface area (Å²) < 4.78 is 31.6. The zero-order valence-electron chi connectivity index (χ0n) is 17.8. The van der Waals surface area contributed by atoms with Gasteiger partial charge in [0.05, 0.1) is 31.5 Å². The maximum Gasteiger partial charge on any atom is 0.235 e. The molecule has 0 radical (unpaired) electrons. The van der Waals surface area contributed by atoms with Crippen LogP contribution in [0.1, 0.15) is 58.1 Å². The number of hydrogen-bond donors (Lipinski definition) is 0. The largest absolute Gasteiger partial charge is 0.474 e. The summed E-state index contributed by atoms with van der Waals surface area (Å²) in [4.78, 5) is 2.62. The lowest BCUT2D eigenvalue weighted by atomic mass is 9.89. The smallest absolute Gasteiger partial charge is 0.235 e. The third-order valence-electron chi connectivity index (χ3n) is 5.69. The van der Waals surface area contributed by atoms with Crippen molar-refractivity contribution < 1.29 is 18.6 Å². The van der Waals surface area contributed by atoms with Crippen molar-refractivity contribution >= 4 is 0 Å². The fraction of sp³-hybridized carbons (Fsp3) is 0.857. The van der Waals surface area contributed by atoms with Crippen molar-refractivity contribution in [3.8, 4) is 5.88 Å². The van der Waals surface area contributed by atoms with E-state index in [0.29, 0.717) is 43.4 Å². The number of ether oxygens (including phenoxy) is 3. The van der Waals surface area contributed by atoms with Gasteiger partial charge in [-0.25, -0.2) is 4.39 Å². The molecule has 2 unspecified atom stereocenters. The zero-order valence-corrected chi connectivity index (χ0v) is 17.8.